The Morgan fingerprint density at radius 1 is 1.44 bits per heavy atom. The third-order valence-corrected chi connectivity index (χ3v) is 2.87. The number of aryl methyl sites for hydroxylation is 1. The molecule has 0 aliphatic carbocycles. The van der Waals surface area contributed by atoms with E-state index >= 15 is 0 Å². The Kier molecular flexibility index (Phi) is 2.95. The molecule has 0 amide bonds. The van der Waals surface area contributed by atoms with Gasteiger partial charge in [0.1, 0.15) is 12.4 Å². The second kappa shape index (κ2) is 4.24. The fourth-order valence-corrected chi connectivity index (χ4v) is 1.69. The number of halogens is 1. The van der Waals surface area contributed by atoms with Crippen LogP contribution in [-0.2, 0) is 4.74 Å². The third-order valence-electron chi connectivity index (χ3n) is 2.87. The van der Waals surface area contributed by atoms with Crippen LogP contribution >= 0.6 is 0 Å². The summed E-state index contributed by atoms with van der Waals surface area (Å²) < 4.78 is 19.3. The molecule has 0 aromatic heterocycles. The zero-order valence-corrected chi connectivity index (χ0v) is 9.83. The molecule has 1 aliphatic heterocycles. The number of ether oxygens (including phenoxy) is 1. The zero-order chi connectivity index (χ0) is 11.7. The summed E-state index contributed by atoms with van der Waals surface area (Å²) in [6.45, 7) is 6.48. The monoisotopic (exact) mass is 221 g/mol. The highest BCUT2D eigenvalue weighted by Crippen LogP contribution is 2.20. The average Bonchev–Trinajstić information content (AvgIpc) is 2.71. The standard InChI is InChI=1S/C13H16FNO/c1-8(2)11-7-16-13(15-11)10-6-4-5-9(3)12(10)14/h4-6,8,11H,7H2,1-3H3/t11-/m0/s1. The molecule has 0 unspecified atom stereocenters. The normalized spacial score (nSPS) is 19.8. The van der Waals surface area contributed by atoms with Crippen molar-refractivity contribution in [1.29, 1.82) is 0 Å². The highest BCUT2D eigenvalue weighted by Gasteiger charge is 2.24. The maximum Gasteiger partial charge on any atom is 0.219 e. The van der Waals surface area contributed by atoms with E-state index < -0.39 is 0 Å². The summed E-state index contributed by atoms with van der Waals surface area (Å²) in [7, 11) is 0. The molecule has 1 atom stereocenters. The fourth-order valence-electron chi connectivity index (χ4n) is 1.69. The van der Waals surface area contributed by atoms with Gasteiger partial charge in [-0.05, 0) is 24.5 Å². The summed E-state index contributed by atoms with van der Waals surface area (Å²) in [5, 5.41) is 0. The first kappa shape index (κ1) is 11.1. The van der Waals surface area contributed by atoms with Crippen LogP contribution in [0.25, 0.3) is 0 Å². The minimum atomic E-state index is -0.231. The lowest BCUT2D eigenvalue weighted by Gasteiger charge is -2.06. The first-order valence-electron chi connectivity index (χ1n) is 5.55. The molecule has 2 rings (SSSR count). The van der Waals surface area contributed by atoms with Crippen molar-refractivity contribution in [3.8, 4) is 0 Å². The highest BCUT2D eigenvalue weighted by atomic mass is 19.1. The van der Waals surface area contributed by atoms with E-state index in [9.17, 15) is 4.39 Å². The Bertz CT molecular complexity index is 426. The first-order chi connectivity index (χ1) is 7.59. The summed E-state index contributed by atoms with van der Waals surface area (Å²) in [5.41, 5.74) is 1.10. The molecule has 3 heteroatoms. The summed E-state index contributed by atoms with van der Waals surface area (Å²) >= 11 is 0. The SMILES string of the molecule is Cc1cccc(C2=N[C@H](C(C)C)CO2)c1F. The molecule has 0 saturated carbocycles. The lowest BCUT2D eigenvalue weighted by Crippen LogP contribution is -2.13. The Morgan fingerprint density at radius 3 is 2.81 bits per heavy atom. The molecule has 0 N–H and O–H groups in total. The number of hydrogen-bond acceptors (Lipinski definition) is 2. The van der Waals surface area contributed by atoms with Crippen LogP contribution in [-0.4, -0.2) is 18.5 Å². The summed E-state index contributed by atoms with van der Waals surface area (Å²) in [6.07, 6.45) is 0. The van der Waals surface area contributed by atoms with Gasteiger partial charge in [-0.25, -0.2) is 9.38 Å². The van der Waals surface area contributed by atoms with Gasteiger partial charge in [-0.3, -0.25) is 0 Å². The van der Waals surface area contributed by atoms with Gasteiger partial charge in [-0.15, -0.1) is 0 Å². The van der Waals surface area contributed by atoms with E-state index in [-0.39, 0.29) is 11.9 Å². The van der Waals surface area contributed by atoms with Crippen LogP contribution in [0, 0.1) is 18.7 Å². The molecule has 0 bridgehead atoms. The predicted octanol–water partition coefficient (Wildman–Crippen LogP) is 2.94. The van der Waals surface area contributed by atoms with Crippen LogP contribution in [0.5, 0.6) is 0 Å². The molecule has 0 spiro atoms. The van der Waals surface area contributed by atoms with E-state index in [0.717, 1.165) is 0 Å². The third kappa shape index (κ3) is 1.94. The maximum atomic E-state index is 13.8. The van der Waals surface area contributed by atoms with E-state index in [1.165, 1.54) is 0 Å². The minimum Gasteiger partial charge on any atom is -0.475 e. The molecule has 1 aliphatic rings. The van der Waals surface area contributed by atoms with E-state index in [1.54, 1.807) is 19.1 Å². The van der Waals surface area contributed by atoms with Crippen molar-refractivity contribution in [2.45, 2.75) is 26.8 Å². The molecule has 16 heavy (non-hydrogen) atoms. The van der Waals surface area contributed by atoms with Crippen molar-refractivity contribution >= 4 is 5.90 Å². The Morgan fingerprint density at radius 2 is 2.19 bits per heavy atom. The lowest BCUT2D eigenvalue weighted by atomic mass is 10.1. The van der Waals surface area contributed by atoms with Crippen molar-refractivity contribution in [3.63, 3.8) is 0 Å². The molecule has 2 nitrogen and oxygen atoms in total. The Hall–Kier alpha value is -1.38. The van der Waals surface area contributed by atoms with E-state index in [2.05, 4.69) is 18.8 Å². The second-order valence-corrected chi connectivity index (χ2v) is 4.49. The second-order valence-electron chi connectivity index (χ2n) is 4.49. The van der Waals surface area contributed by atoms with Gasteiger partial charge in [0.25, 0.3) is 0 Å². The van der Waals surface area contributed by atoms with Gasteiger partial charge in [0, 0.05) is 0 Å². The van der Waals surface area contributed by atoms with Crippen molar-refractivity contribution in [2.24, 2.45) is 10.9 Å². The van der Waals surface area contributed by atoms with Crippen LogP contribution in [0.4, 0.5) is 4.39 Å². The maximum absolute atomic E-state index is 13.8. The molecule has 86 valence electrons. The molecule has 0 fully saturated rings. The molecule has 1 aromatic carbocycles. The van der Waals surface area contributed by atoms with Crippen molar-refractivity contribution < 1.29 is 9.13 Å². The number of hydrogen-bond donors (Lipinski definition) is 0. The van der Waals surface area contributed by atoms with Crippen molar-refractivity contribution in [2.75, 3.05) is 6.61 Å². The zero-order valence-electron chi connectivity index (χ0n) is 9.83. The number of aliphatic imine (C=N–C) groups is 1. The Balaban J connectivity index is 2.32. The summed E-state index contributed by atoms with van der Waals surface area (Å²) in [4.78, 5) is 4.41. The van der Waals surface area contributed by atoms with Crippen molar-refractivity contribution in [1.82, 2.24) is 0 Å². The topological polar surface area (TPSA) is 21.6 Å². The molecular formula is C13H16FNO. The molecule has 1 aromatic rings. The van der Waals surface area contributed by atoms with Crippen LogP contribution in [0.3, 0.4) is 0 Å². The van der Waals surface area contributed by atoms with E-state index in [4.69, 9.17) is 4.74 Å². The smallest absolute Gasteiger partial charge is 0.219 e. The number of rotatable bonds is 2. The molecule has 1 heterocycles. The van der Waals surface area contributed by atoms with Gasteiger partial charge in [0.2, 0.25) is 5.90 Å². The van der Waals surface area contributed by atoms with Gasteiger partial charge < -0.3 is 4.74 Å². The van der Waals surface area contributed by atoms with Gasteiger partial charge >= 0.3 is 0 Å². The van der Waals surface area contributed by atoms with Crippen LogP contribution < -0.4 is 0 Å². The van der Waals surface area contributed by atoms with Gasteiger partial charge in [0.15, 0.2) is 0 Å². The van der Waals surface area contributed by atoms with Gasteiger partial charge in [-0.2, -0.15) is 0 Å². The first-order valence-corrected chi connectivity index (χ1v) is 5.55. The summed E-state index contributed by atoms with van der Waals surface area (Å²) in [5.74, 6) is 0.635. The molecule has 0 saturated heterocycles. The lowest BCUT2D eigenvalue weighted by molar-refractivity contribution is 0.291. The minimum absolute atomic E-state index is 0.148. The number of benzene rings is 1. The quantitative estimate of drug-likeness (QED) is 0.752. The fraction of sp³-hybridized carbons (Fsp3) is 0.462. The summed E-state index contributed by atoms with van der Waals surface area (Å²) in [6, 6.07) is 5.43. The number of nitrogens with zero attached hydrogens (tertiary/aromatic N) is 1. The molecule has 0 radical (unpaired) electrons. The van der Waals surface area contributed by atoms with Gasteiger partial charge in [-0.1, -0.05) is 26.0 Å². The largest absolute Gasteiger partial charge is 0.475 e. The highest BCUT2D eigenvalue weighted by molar-refractivity contribution is 5.95. The molecular weight excluding hydrogens is 205 g/mol. The van der Waals surface area contributed by atoms with E-state index in [1.807, 2.05) is 6.07 Å². The van der Waals surface area contributed by atoms with Crippen LogP contribution in [0.2, 0.25) is 0 Å². The van der Waals surface area contributed by atoms with Gasteiger partial charge in [0.05, 0.1) is 11.6 Å². The van der Waals surface area contributed by atoms with E-state index in [0.29, 0.717) is 29.5 Å². The predicted molar refractivity (Wildman–Crippen MR) is 62.3 cm³/mol. The van der Waals surface area contributed by atoms with Crippen molar-refractivity contribution in [3.05, 3.63) is 35.1 Å². The van der Waals surface area contributed by atoms with Crippen LogP contribution in [0.1, 0.15) is 25.0 Å². The average molecular weight is 221 g/mol. The van der Waals surface area contributed by atoms with Crippen LogP contribution in [0.15, 0.2) is 23.2 Å². The Labute approximate surface area is 95.2 Å².